The molecule has 0 radical (unpaired) electrons. The van der Waals surface area contributed by atoms with Gasteiger partial charge in [-0.3, -0.25) is 25.0 Å². The van der Waals surface area contributed by atoms with Gasteiger partial charge in [0.05, 0.1) is 10.9 Å². The Balaban J connectivity index is 1.92. The molecule has 0 unspecified atom stereocenters. The van der Waals surface area contributed by atoms with Crippen LogP contribution in [0.1, 0.15) is 11.1 Å². The van der Waals surface area contributed by atoms with Crippen molar-refractivity contribution in [1.82, 2.24) is 10.6 Å². The fraction of sp³-hybridized carbons (Fsp3) is 0.0588. The van der Waals surface area contributed by atoms with Crippen LogP contribution in [0.4, 0.5) is 0 Å². The lowest BCUT2D eigenvalue weighted by atomic mass is 10.1. The highest BCUT2D eigenvalue weighted by Gasteiger charge is 2.24. The van der Waals surface area contributed by atoms with Crippen molar-refractivity contribution in [3.05, 3.63) is 63.5 Å². The minimum absolute atomic E-state index is 0.0309. The van der Waals surface area contributed by atoms with Crippen molar-refractivity contribution in [3.8, 4) is 0 Å². The van der Waals surface area contributed by atoms with E-state index in [1.807, 2.05) is 13.0 Å². The molecule has 1 aromatic heterocycles. The van der Waals surface area contributed by atoms with Gasteiger partial charge in [-0.15, -0.1) is 0 Å². The van der Waals surface area contributed by atoms with E-state index >= 15 is 0 Å². The van der Waals surface area contributed by atoms with E-state index in [0.717, 1.165) is 5.56 Å². The van der Waals surface area contributed by atoms with Gasteiger partial charge in [0.1, 0.15) is 17.4 Å². The van der Waals surface area contributed by atoms with Crippen LogP contribution in [0, 0.1) is 6.92 Å². The Bertz CT molecular complexity index is 979. The Hall–Kier alpha value is -3.06. The number of carbonyl (C=O) groups excluding carboxylic acids is 2. The number of aryl methyl sites for hydroxylation is 1. The lowest BCUT2D eigenvalue weighted by Gasteiger charge is -2.15. The summed E-state index contributed by atoms with van der Waals surface area (Å²) in [6.07, 6.45) is 5.57. The van der Waals surface area contributed by atoms with Crippen molar-refractivity contribution in [1.29, 1.82) is 0 Å². The van der Waals surface area contributed by atoms with Crippen LogP contribution in [-0.4, -0.2) is 16.9 Å². The SMILES string of the molecule is Cc1ccc2c(=O)c(C=CC=C3C(=O)NC(=S)NC3=O)coc2c1. The van der Waals surface area contributed by atoms with E-state index in [2.05, 4.69) is 10.6 Å². The highest BCUT2D eigenvalue weighted by molar-refractivity contribution is 7.80. The summed E-state index contributed by atoms with van der Waals surface area (Å²) in [6.45, 7) is 1.91. The molecule has 2 heterocycles. The second-order valence-electron chi connectivity index (χ2n) is 5.20. The first-order valence-electron chi connectivity index (χ1n) is 7.03. The smallest absolute Gasteiger partial charge is 0.263 e. The zero-order chi connectivity index (χ0) is 17.3. The molecule has 0 spiro atoms. The first-order valence-corrected chi connectivity index (χ1v) is 7.44. The predicted octanol–water partition coefficient (Wildman–Crippen LogP) is 1.57. The molecule has 1 saturated heterocycles. The zero-order valence-corrected chi connectivity index (χ0v) is 13.4. The molecule has 1 aliphatic rings. The van der Waals surface area contributed by atoms with Gasteiger partial charge in [-0.05, 0) is 49.0 Å². The molecule has 3 rings (SSSR count). The lowest BCUT2D eigenvalue weighted by molar-refractivity contribution is -0.123. The number of rotatable bonds is 2. The normalized spacial score (nSPS) is 14.9. The van der Waals surface area contributed by atoms with E-state index in [0.29, 0.717) is 16.5 Å². The molecule has 0 bridgehead atoms. The number of benzene rings is 1. The van der Waals surface area contributed by atoms with Crippen LogP contribution < -0.4 is 16.1 Å². The zero-order valence-electron chi connectivity index (χ0n) is 12.6. The molecule has 1 aromatic carbocycles. The Morgan fingerprint density at radius 2 is 1.83 bits per heavy atom. The number of hydrogen-bond donors (Lipinski definition) is 2. The van der Waals surface area contributed by atoms with Crippen molar-refractivity contribution in [2.24, 2.45) is 0 Å². The van der Waals surface area contributed by atoms with Gasteiger partial charge in [0.25, 0.3) is 11.8 Å². The summed E-state index contributed by atoms with van der Waals surface area (Å²) in [5, 5.41) is 5.09. The lowest BCUT2D eigenvalue weighted by Crippen LogP contribution is -2.51. The second kappa shape index (κ2) is 6.21. The van der Waals surface area contributed by atoms with Crippen LogP contribution in [-0.2, 0) is 9.59 Å². The maximum Gasteiger partial charge on any atom is 0.263 e. The molecule has 2 aromatic rings. The Labute approximate surface area is 141 Å². The molecule has 24 heavy (non-hydrogen) atoms. The standard InChI is InChI=1S/C17H12N2O4S/c1-9-5-6-11-13(7-9)23-8-10(14(11)20)3-2-4-12-15(21)18-17(24)19-16(12)22/h2-8H,1H3,(H2,18,19,21,22,24). The number of allylic oxidation sites excluding steroid dienone is 2. The number of hydrogen-bond acceptors (Lipinski definition) is 5. The van der Waals surface area contributed by atoms with Gasteiger partial charge in [0.2, 0.25) is 0 Å². The van der Waals surface area contributed by atoms with E-state index in [1.165, 1.54) is 24.5 Å². The highest BCUT2D eigenvalue weighted by atomic mass is 32.1. The summed E-state index contributed by atoms with van der Waals surface area (Å²) in [7, 11) is 0. The van der Waals surface area contributed by atoms with Gasteiger partial charge < -0.3 is 4.42 Å². The number of fused-ring (bicyclic) bond motifs is 1. The molecule has 0 aliphatic carbocycles. The summed E-state index contributed by atoms with van der Waals surface area (Å²) in [4.78, 5) is 35.8. The maximum absolute atomic E-state index is 12.4. The van der Waals surface area contributed by atoms with Gasteiger partial charge in [-0.1, -0.05) is 12.1 Å². The van der Waals surface area contributed by atoms with Gasteiger partial charge >= 0.3 is 0 Å². The van der Waals surface area contributed by atoms with Crippen molar-refractivity contribution >= 4 is 46.2 Å². The number of carbonyl (C=O) groups is 2. The molecule has 120 valence electrons. The molecule has 1 fully saturated rings. The second-order valence-corrected chi connectivity index (χ2v) is 5.60. The third-order valence-corrected chi connectivity index (χ3v) is 3.64. The number of thiocarbonyl (C=S) groups is 1. The highest BCUT2D eigenvalue weighted by Crippen LogP contribution is 2.14. The van der Waals surface area contributed by atoms with E-state index in [9.17, 15) is 14.4 Å². The van der Waals surface area contributed by atoms with Crippen molar-refractivity contribution in [3.63, 3.8) is 0 Å². The molecular weight excluding hydrogens is 328 g/mol. The van der Waals surface area contributed by atoms with Crippen LogP contribution >= 0.6 is 12.2 Å². The Kier molecular flexibility index (Phi) is 4.09. The average molecular weight is 340 g/mol. The molecule has 6 nitrogen and oxygen atoms in total. The third-order valence-electron chi connectivity index (χ3n) is 3.44. The molecule has 7 heteroatoms. The minimum Gasteiger partial charge on any atom is -0.463 e. The molecule has 0 saturated carbocycles. The summed E-state index contributed by atoms with van der Waals surface area (Å²) < 4.78 is 5.46. The third kappa shape index (κ3) is 3.02. The monoisotopic (exact) mass is 340 g/mol. The number of amides is 2. The van der Waals surface area contributed by atoms with Crippen LogP contribution in [0.2, 0.25) is 0 Å². The van der Waals surface area contributed by atoms with Gasteiger partial charge in [-0.25, -0.2) is 0 Å². The van der Waals surface area contributed by atoms with Crippen LogP contribution in [0.3, 0.4) is 0 Å². The fourth-order valence-corrected chi connectivity index (χ4v) is 2.43. The molecule has 2 amide bonds. The summed E-state index contributed by atoms with van der Waals surface area (Å²) in [6, 6.07) is 5.31. The van der Waals surface area contributed by atoms with Crippen LogP contribution in [0.25, 0.3) is 17.0 Å². The molecular formula is C17H12N2O4S. The van der Waals surface area contributed by atoms with Gasteiger partial charge in [0, 0.05) is 0 Å². The average Bonchev–Trinajstić information content (AvgIpc) is 2.51. The maximum atomic E-state index is 12.4. The van der Waals surface area contributed by atoms with Gasteiger partial charge in [0.15, 0.2) is 10.5 Å². The first kappa shape index (κ1) is 15.8. The van der Waals surface area contributed by atoms with E-state index in [-0.39, 0.29) is 16.1 Å². The largest absolute Gasteiger partial charge is 0.463 e. The first-order chi connectivity index (χ1) is 11.5. The summed E-state index contributed by atoms with van der Waals surface area (Å²) in [5.74, 6) is -1.18. The van der Waals surface area contributed by atoms with Crippen molar-refractivity contribution in [2.75, 3.05) is 0 Å². The Morgan fingerprint density at radius 3 is 2.54 bits per heavy atom. The quantitative estimate of drug-likeness (QED) is 0.492. The predicted molar refractivity (Wildman–Crippen MR) is 93.2 cm³/mol. The minimum atomic E-state index is -0.588. The van der Waals surface area contributed by atoms with E-state index < -0.39 is 11.8 Å². The van der Waals surface area contributed by atoms with Crippen molar-refractivity contribution < 1.29 is 14.0 Å². The molecule has 1 aliphatic heterocycles. The van der Waals surface area contributed by atoms with E-state index in [4.69, 9.17) is 16.6 Å². The topological polar surface area (TPSA) is 88.4 Å². The van der Waals surface area contributed by atoms with E-state index in [1.54, 1.807) is 12.1 Å². The van der Waals surface area contributed by atoms with Gasteiger partial charge in [-0.2, -0.15) is 0 Å². The molecule has 2 N–H and O–H groups in total. The summed E-state index contributed by atoms with van der Waals surface area (Å²) in [5.41, 5.74) is 1.53. The Morgan fingerprint density at radius 1 is 1.12 bits per heavy atom. The van der Waals surface area contributed by atoms with Crippen LogP contribution in [0.5, 0.6) is 0 Å². The summed E-state index contributed by atoms with van der Waals surface area (Å²) >= 11 is 4.71. The number of nitrogens with one attached hydrogen (secondary N) is 2. The van der Waals surface area contributed by atoms with Crippen LogP contribution in [0.15, 0.2) is 51.4 Å². The fourth-order valence-electron chi connectivity index (χ4n) is 2.24. The molecule has 0 atom stereocenters. The van der Waals surface area contributed by atoms with Crippen molar-refractivity contribution in [2.45, 2.75) is 6.92 Å².